The Morgan fingerprint density at radius 1 is 1.25 bits per heavy atom. The van der Waals surface area contributed by atoms with Gasteiger partial charge in [-0.2, -0.15) is 0 Å². The molecular weight excluding hydrogens is 320 g/mol. The van der Waals surface area contributed by atoms with Crippen LogP contribution < -0.4 is 0 Å². The van der Waals surface area contributed by atoms with Crippen LogP contribution in [0.2, 0.25) is 0 Å². The van der Waals surface area contributed by atoms with Crippen molar-refractivity contribution in [3.05, 3.63) is 21.9 Å². The van der Waals surface area contributed by atoms with Gasteiger partial charge in [0.05, 0.1) is 10.3 Å². The van der Waals surface area contributed by atoms with E-state index >= 15 is 0 Å². The first kappa shape index (κ1) is 17.5. The molecule has 0 aromatic carbocycles. The molecule has 3 rings (SSSR count). The molecule has 5 heteroatoms. The predicted octanol–water partition coefficient (Wildman–Crippen LogP) is 3.56. The Bertz CT molecular complexity index is 646. The second-order valence-corrected chi connectivity index (χ2v) is 9.85. The smallest absolute Gasteiger partial charge is 0.263 e. The van der Waals surface area contributed by atoms with Crippen LogP contribution in [0.4, 0.5) is 0 Å². The lowest BCUT2D eigenvalue weighted by atomic mass is 9.77. The van der Waals surface area contributed by atoms with Crippen molar-refractivity contribution >= 4 is 23.2 Å². The molecule has 1 aromatic heterocycles. The van der Waals surface area contributed by atoms with Gasteiger partial charge in [-0.1, -0.05) is 20.8 Å². The number of hydrogen-bond donors (Lipinski definition) is 0. The molecule has 4 nitrogen and oxygen atoms in total. The number of carbonyl (C=O) groups excluding carboxylic acids is 2. The summed E-state index contributed by atoms with van der Waals surface area (Å²) in [6.45, 7) is 11.5. The summed E-state index contributed by atoms with van der Waals surface area (Å²) in [5.74, 6) is 0.354. The van der Waals surface area contributed by atoms with E-state index in [-0.39, 0.29) is 22.6 Å². The van der Waals surface area contributed by atoms with Gasteiger partial charge in [-0.15, -0.1) is 11.3 Å². The van der Waals surface area contributed by atoms with Crippen molar-refractivity contribution in [2.45, 2.75) is 47.0 Å². The van der Waals surface area contributed by atoms with Crippen molar-refractivity contribution in [2.24, 2.45) is 10.8 Å². The molecular formula is C19H28N2O2S. The first-order chi connectivity index (χ1) is 11.2. The summed E-state index contributed by atoms with van der Waals surface area (Å²) in [7, 11) is 0. The standard InChI is InChI=1S/C19H28N2O2S/c1-14-6-7-15(24-14)16(22)20-11-9-19(13-20)8-5-10-21(17(19)23)12-18(2,3)4/h6-7H,5,8-13H2,1-4H3. The van der Waals surface area contributed by atoms with E-state index in [1.807, 2.05) is 28.9 Å². The minimum Gasteiger partial charge on any atom is -0.342 e. The van der Waals surface area contributed by atoms with Gasteiger partial charge < -0.3 is 9.80 Å². The van der Waals surface area contributed by atoms with E-state index in [1.54, 1.807) is 11.3 Å². The van der Waals surface area contributed by atoms with E-state index in [0.29, 0.717) is 13.1 Å². The molecule has 3 heterocycles. The number of aryl methyl sites for hydroxylation is 1. The van der Waals surface area contributed by atoms with E-state index in [1.165, 1.54) is 0 Å². The number of likely N-dealkylation sites (tertiary alicyclic amines) is 2. The van der Waals surface area contributed by atoms with Crippen molar-refractivity contribution in [3.8, 4) is 0 Å². The van der Waals surface area contributed by atoms with Gasteiger partial charge in [-0.3, -0.25) is 9.59 Å². The molecule has 132 valence electrons. The average molecular weight is 349 g/mol. The molecule has 1 aromatic rings. The fourth-order valence-corrected chi connectivity index (χ4v) is 4.84. The van der Waals surface area contributed by atoms with Crippen LogP contribution in [0, 0.1) is 17.8 Å². The minimum atomic E-state index is -0.342. The zero-order chi connectivity index (χ0) is 17.5. The molecule has 1 spiro atoms. The van der Waals surface area contributed by atoms with Crippen LogP contribution in [-0.4, -0.2) is 47.8 Å². The molecule has 0 bridgehead atoms. The quantitative estimate of drug-likeness (QED) is 0.820. The molecule has 1 unspecified atom stereocenters. The summed E-state index contributed by atoms with van der Waals surface area (Å²) in [6, 6.07) is 3.89. The van der Waals surface area contributed by atoms with Gasteiger partial charge in [0.1, 0.15) is 0 Å². The van der Waals surface area contributed by atoms with Crippen LogP contribution in [0.15, 0.2) is 12.1 Å². The Kier molecular flexibility index (Phi) is 4.49. The number of nitrogens with zero attached hydrogens (tertiary/aromatic N) is 2. The average Bonchev–Trinajstić information content (AvgIpc) is 3.10. The second kappa shape index (κ2) is 6.17. The van der Waals surface area contributed by atoms with Crippen LogP contribution in [0.3, 0.4) is 0 Å². The molecule has 0 aliphatic carbocycles. The Labute approximate surface area is 148 Å². The molecule has 2 amide bonds. The molecule has 2 saturated heterocycles. The number of carbonyl (C=O) groups is 2. The zero-order valence-electron chi connectivity index (χ0n) is 15.2. The Morgan fingerprint density at radius 3 is 2.62 bits per heavy atom. The summed E-state index contributed by atoms with van der Waals surface area (Å²) in [4.78, 5) is 31.7. The number of thiophene rings is 1. The Balaban J connectivity index is 1.73. The topological polar surface area (TPSA) is 40.6 Å². The SMILES string of the molecule is Cc1ccc(C(=O)N2CCC3(CCCN(CC(C)(C)C)C3=O)C2)s1. The molecule has 0 N–H and O–H groups in total. The number of rotatable bonds is 2. The molecule has 1 atom stereocenters. The molecule has 2 aliphatic heterocycles. The summed E-state index contributed by atoms with van der Waals surface area (Å²) >= 11 is 1.54. The van der Waals surface area contributed by atoms with Gasteiger partial charge in [0.15, 0.2) is 0 Å². The maximum Gasteiger partial charge on any atom is 0.263 e. The highest BCUT2D eigenvalue weighted by Gasteiger charge is 2.49. The lowest BCUT2D eigenvalue weighted by Gasteiger charge is -2.41. The van der Waals surface area contributed by atoms with E-state index in [0.717, 1.165) is 42.1 Å². The van der Waals surface area contributed by atoms with Crippen LogP contribution >= 0.6 is 11.3 Å². The highest BCUT2D eigenvalue weighted by Crippen LogP contribution is 2.41. The molecule has 2 aliphatic rings. The fourth-order valence-electron chi connectivity index (χ4n) is 4.01. The van der Waals surface area contributed by atoms with E-state index < -0.39 is 0 Å². The third-order valence-corrected chi connectivity index (χ3v) is 6.07. The lowest BCUT2D eigenvalue weighted by molar-refractivity contribution is -0.146. The monoisotopic (exact) mass is 348 g/mol. The highest BCUT2D eigenvalue weighted by atomic mass is 32.1. The van der Waals surface area contributed by atoms with E-state index in [9.17, 15) is 9.59 Å². The van der Waals surface area contributed by atoms with Gasteiger partial charge in [-0.25, -0.2) is 0 Å². The van der Waals surface area contributed by atoms with Crippen molar-refractivity contribution in [1.29, 1.82) is 0 Å². The number of piperidine rings is 1. The third kappa shape index (κ3) is 3.37. The molecule has 24 heavy (non-hydrogen) atoms. The van der Waals surface area contributed by atoms with Gasteiger partial charge in [0.2, 0.25) is 5.91 Å². The minimum absolute atomic E-state index is 0.0886. The second-order valence-electron chi connectivity index (χ2n) is 8.56. The van der Waals surface area contributed by atoms with Crippen molar-refractivity contribution in [3.63, 3.8) is 0 Å². The molecule has 0 radical (unpaired) electrons. The van der Waals surface area contributed by atoms with Gasteiger partial charge in [-0.05, 0) is 43.7 Å². The maximum absolute atomic E-state index is 13.1. The summed E-state index contributed by atoms with van der Waals surface area (Å²) in [6.07, 6.45) is 2.77. The normalized spacial score (nSPS) is 24.9. The Morgan fingerprint density at radius 2 is 2.00 bits per heavy atom. The van der Waals surface area contributed by atoms with Gasteiger partial charge >= 0.3 is 0 Å². The van der Waals surface area contributed by atoms with Gasteiger partial charge in [0.25, 0.3) is 5.91 Å². The van der Waals surface area contributed by atoms with E-state index in [4.69, 9.17) is 0 Å². The van der Waals surface area contributed by atoms with Crippen molar-refractivity contribution in [1.82, 2.24) is 9.80 Å². The highest BCUT2D eigenvalue weighted by molar-refractivity contribution is 7.13. The zero-order valence-corrected chi connectivity index (χ0v) is 16.0. The number of hydrogen-bond acceptors (Lipinski definition) is 3. The molecule has 0 saturated carbocycles. The lowest BCUT2D eigenvalue weighted by Crippen LogP contribution is -2.52. The van der Waals surface area contributed by atoms with Gasteiger partial charge in [0, 0.05) is 31.1 Å². The number of amides is 2. The van der Waals surface area contributed by atoms with Crippen LogP contribution in [0.1, 0.15) is 54.6 Å². The first-order valence-corrected chi connectivity index (χ1v) is 9.67. The largest absolute Gasteiger partial charge is 0.342 e. The Hall–Kier alpha value is -1.36. The fraction of sp³-hybridized carbons (Fsp3) is 0.684. The van der Waals surface area contributed by atoms with Crippen molar-refractivity contribution in [2.75, 3.05) is 26.2 Å². The van der Waals surface area contributed by atoms with E-state index in [2.05, 4.69) is 20.8 Å². The maximum atomic E-state index is 13.1. The first-order valence-electron chi connectivity index (χ1n) is 8.85. The predicted molar refractivity (Wildman–Crippen MR) is 97.3 cm³/mol. The summed E-state index contributed by atoms with van der Waals surface area (Å²) in [5.41, 5.74) is -0.234. The summed E-state index contributed by atoms with van der Waals surface area (Å²) in [5, 5.41) is 0. The summed E-state index contributed by atoms with van der Waals surface area (Å²) < 4.78 is 0. The van der Waals surface area contributed by atoms with Crippen LogP contribution in [-0.2, 0) is 4.79 Å². The van der Waals surface area contributed by atoms with Crippen LogP contribution in [0.5, 0.6) is 0 Å². The van der Waals surface area contributed by atoms with Crippen LogP contribution in [0.25, 0.3) is 0 Å². The molecule has 2 fully saturated rings. The third-order valence-electron chi connectivity index (χ3n) is 5.08. The van der Waals surface area contributed by atoms with Crippen molar-refractivity contribution < 1.29 is 9.59 Å².